The van der Waals surface area contributed by atoms with Crippen molar-refractivity contribution in [2.24, 2.45) is 5.73 Å². The summed E-state index contributed by atoms with van der Waals surface area (Å²) in [6, 6.07) is 5.65. The minimum atomic E-state index is -0.470. The van der Waals surface area contributed by atoms with Crippen molar-refractivity contribution in [1.82, 2.24) is 0 Å². The molecule has 1 aromatic rings. The monoisotopic (exact) mass is 257 g/mol. The molecule has 0 radical (unpaired) electrons. The summed E-state index contributed by atoms with van der Waals surface area (Å²) in [5.74, 6) is 0.979. The van der Waals surface area contributed by atoms with E-state index in [1.807, 2.05) is 24.3 Å². The average molecular weight is 257 g/mol. The fourth-order valence-corrected chi connectivity index (χ4v) is 1.67. The molecule has 1 atom stereocenters. The first-order valence-electron chi connectivity index (χ1n) is 5.91. The number of carbonyl (C=O) groups is 1. The number of nitrogens with two attached hydrogens (primary N) is 1. The molecule has 1 amide bonds. The molecule has 0 saturated carbocycles. The third kappa shape index (κ3) is 3.48. The molecule has 0 aliphatic carbocycles. The van der Waals surface area contributed by atoms with E-state index in [9.17, 15) is 4.79 Å². The van der Waals surface area contributed by atoms with Gasteiger partial charge >= 0.3 is 0 Å². The van der Waals surface area contributed by atoms with Crippen molar-refractivity contribution in [3.8, 4) is 11.5 Å². The fourth-order valence-electron chi connectivity index (χ4n) is 1.67. The molecule has 1 unspecified atom stereocenters. The Hall–Kier alpha value is -2.49. The normalized spacial score (nSPS) is 17.2. The standard InChI is InChI=1S/C15H15NO3/c1-2-5-15-18-12-9-8-11(10-13(12)19-15)6-3-4-7-14(16)17/h2-4,6-10,15H,1,5H2,(H2,16,17). The molecular weight excluding hydrogens is 242 g/mol. The second-order valence-corrected chi connectivity index (χ2v) is 4.02. The van der Waals surface area contributed by atoms with Crippen molar-refractivity contribution in [1.29, 1.82) is 0 Å². The number of benzene rings is 1. The topological polar surface area (TPSA) is 61.5 Å². The van der Waals surface area contributed by atoms with E-state index in [1.165, 1.54) is 6.08 Å². The lowest BCUT2D eigenvalue weighted by Gasteiger charge is -2.05. The highest BCUT2D eigenvalue weighted by Gasteiger charge is 2.22. The fraction of sp³-hybridized carbons (Fsp3) is 0.133. The summed E-state index contributed by atoms with van der Waals surface area (Å²) in [6.07, 6.45) is 8.58. The largest absolute Gasteiger partial charge is 0.451 e. The highest BCUT2D eigenvalue weighted by atomic mass is 16.7. The second kappa shape index (κ2) is 5.91. The van der Waals surface area contributed by atoms with Crippen LogP contribution in [0.1, 0.15) is 12.0 Å². The van der Waals surface area contributed by atoms with E-state index in [-0.39, 0.29) is 6.29 Å². The van der Waals surface area contributed by atoms with Crippen molar-refractivity contribution in [2.75, 3.05) is 0 Å². The number of carbonyl (C=O) groups excluding carboxylic acids is 1. The molecule has 0 fully saturated rings. The van der Waals surface area contributed by atoms with Crippen LogP contribution in [0.3, 0.4) is 0 Å². The number of primary amides is 1. The Morgan fingerprint density at radius 3 is 2.84 bits per heavy atom. The van der Waals surface area contributed by atoms with E-state index in [2.05, 4.69) is 6.58 Å². The van der Waals surface area contributed by atoms with Gasteiger partial charge in [0.2, 0.25) is 12.2 Å². The van der Waals surface area contributed by atoms with Crippen LogP contribution in [0, 0.1) is 0 Å². The summed E-state index contributed by atoms with van der Waals surface area (Å²) in [7, 11) is 0. The van der Waals surface area contributed by atoms with Crippen molar-refractivity contribution >= 4 is 12.0 Å². The molecule has 2 rings (SSSR count). The highest BCUT2D eigenvalue weighted by molar-refractivity contribution is 5.86. The van der Waals surface area contributed by atoms with Gasteiger partial charge in [0.15, 0.2) is 11.5 Å². The molecule has 1 aliphatic heterocycles. The lowest BCUT2D eigenvalue weighted by Crippen LogP contribution is -2.16. The number of allylic oxidation sites excluding steroid dienone is 2. The van der Waals surface area contributed by atoms with Crippen LogP contribution in [-0.2, 0) is 4.79 Å². The molecular formula is C15H15NO3. The maximum Gasteiger partial charge on any atom is 0.244 e. The molecule has 98 valence electrons. The van der Waals surface area contributed by atoms with Gasteiger partial charge in [0, 0.05) is 12.5 Å². The van der Waals surface area contributed by atoms with Crippen LogP contribution in [0.4, 0.5) is 0 Å². The number of amides is 1. The van der Waals surface area contributed by atoms with Crippen LogP contribution < -0.4 is 15.2 Å². The minimum Gasteiger partial charge on any atom is -0.451 e. The van der Waals surface area contributed by atoms with E-state index in [0.717, 1.165) is 11.3 Å². The van der Waals surface area contributed by atoms with Crippen LogP contribution in [0.5, 0.6) is 11.5 Å². The summed E-state index contributed by atoms with van der Waals surface area (Å²) in [4.78, 5) is 10.5. The third-order valence-corrected chi connectivity index (χ3v) is 2.50. The van der Waals surface area contributed by atoms with Crippen LogP contribution in [0.15, 0.2) is 49.1 Å². The molecule has 4 nitrogen and oxygen atoms in total. The number of rotatable bonds is 5. The molecule has 0 spiro atoms. The van der Waals surface area contributed by atoms with E-state index in [1.54, 1.807) is 18.2 Å². The maximum atomic E-state index is 10.5. The molecule has 0 saturated heterocycles. The summed E-state index contributed by atoms with van der Waals surface area (Å²) in [5, 5.41) is 0. The van der Waals surface area contributed by atoms with Gasteiger partial charge in [-0.1, -0.05) is 30.4 Å². The number of hydrogen-bond acceptors (Lipinski definition) is 3. The van der Waals surface area contributed by atoms with Crippen molar-refractivity contribution in [3.63, 3.8) is 0 Å². The van der Waals surface area contributed by atoms with Crippen LogP contribution in [0.2, 0.25) is 0 Å². The van der Waals surface area contributed by atoms with Crippen LogP contribution in [0.25, 0.3) is 6.08 Å². The van der Waals surface area contributed by atoms with Gasteiger partial charge in [0.1, 0.15) is 0 Å². The Kier molecular flexibility index (Phi) is 4.03. The molecule has 0 bridgehead atoms. The average Bonchev–Trinajstić information content (AvgIpc) is 2.76. The molecule has 1 aromatic carbocycles. The van der Waals surface area contributed by atoms with Crippen molar-refractivity contribution < 1.29 is 14.3 Å². The first-order chi connectivity index (χ1) is 9.19. The highest BCUT2D eigenvalue weighted by Crippen LogP contribution is 2.36. The van der Waals surface area contributed by atoms with Gasteiger partial charge in [0.05, 0.1) is 0 Å². The molecule has 19 heavy (non-hydrogen) atoms. The zero-order chi connectivity index (χ0) is 13.7. The Morgan fingerprint density at radius 2 is 2.11 bits per heavy atom. The molecule has 1 aliphatic rings. The first kappa shape index (κ1) is 13.0. The number of ether oxygens (including phenoxy) is 2. The van der Waals surface area contributed by atoms with E-state index < -0.39 is 5.91 Å². The molecule has 0 aromatic heterocycles. The number of hydrogen-bond donors (Lipinski definition) is 1. The van der Waals surface area contributed by atoms with Gasteiger partial charge < -0.3 is 15.2 Å². The van der Waals surface area contributed by atoms with E-state index in [0.29, 0.717) is 12.2 Å². The van der Waals surface area contributed by atoms with E-state index >= 15 is 0 Å². The minimum absolute atomic E-state index is 0.290. The smallest absolute Gasteiger partial charge is 0.244 e. The Morgan fingerprint density at radius 1 is 1.32 bits per heavy atom. The summed E-state index contributed by atoms with van der Waals surface area (Å²) >= 11 is 0. The Labute approximate surface area is 111 Å². The zero-order valence-electron chi connectivity index (χ0n) is 10.4. The van der Waals surface area contributed by atoms with Crippen molar-refractivity contribution in [3.05, 3.63) is 54.6 Å². The van der Waals surface area contributed by atoms with Crippen LogP contribution >= 0.6 is 0 Å². The van der Waals surface area contributed by atoms with Crippen molar-refractivity contribution in [2.45, 2.75) is 12.7 Å². The predicted octanol–water partition coefficient (Wildman–Crippen LogP) is 2.41. The Balaban J connectivity index is 2.05. The second-order valence-electron chi connectivity index (χ2n) is 4.02. The van der Waals surface area contributed by atoms with Gasteiger partial charge in [-0.2, -0.15) is 0 Å². The maximum absolute atomic E-state index is 10.5. The summed E-state index contributed by atoms with van der Waals surface area (Å²) in [5.41, 5.74) is 5.94. The van der Waals surface area contributed by atoms with Gasteiger partial charge in [-0.3, -0.25) is 4.79 Å². The first-order valence-corrected chi connectivity index (χ1v) is 5.91. The molecule has 2 N–H and O–H groups in total. The number of fused-ring (bicyclic) bond motifs is 1. The summed E-state index contributed by atoms with van der Waals surface area (Å²) < 4.78 is 11.2. The van der Waals surface area contributed by atoms with Gasteiger partial charge in [-0.25, -0.2) is 0 Å². The Bertz CT molecular complexity index is 546. The third-order valence-electron chi connectivity index (χ3n) is 2.50. The quantitative estimate of drug-likeness (QED) is 0.500. The van der Waals surface area contributed by atoms with Gasteiger partial charge in [0.25, 0.3) is 0 Å². The van der Waals surface area contributed by atoms with Gasteiger partial charge in [-0.05, 0) is 17.7 Å². The summed E-state index contributed by atoms with van der Waals surface area (Å²) in [6.45, 7) is 3.65. The SMILES string of the molecule is C=CCC1Oc2ccc(C=CC=CC(N)=O)cc2O1. The lowest BCUT2D eigenvalue weighted by molar-refractivity contribution is -0.113. The predicted molar refractivity (Wildman–Crippen MR) is 73.7 cm³/mol. The van der Waals surface area contributed by atoms with Gasteiger partial charge in [-0.15, -0.1) is 6.58 Å². The van der Waals surface area contributed by atoms with Crippen LogP contribution in [-0.4, -0.2) is 12.2 Å². The zero-order valence-corrected chi connectivity index (χ0v) is 10.4. The lowest BCUT2D eigenvalue weighted by atomic mass is 10.2. The molecule has 4 heteroatoms. The van der Waals surface area contributed by atoms with E-state index in [4.69, 9.17) is 15.2 Å². The molecule has 1 heterocycles.